The fourth-order valence-electron chi connectivity index (χ4n) is 3.00. The highest BCUT2D eigenvalue weighted by molar-refractivity contribution is 6.33. The Morgan fingerprint density at radius 1 is 1.20 bits per heavy atom. The molecule has 0 unspecified atom stereocenters. The first-order chi connectivity index (χ1) is 9.38. The summed E-state index contributed by atoms with van der Waals surface area (Å²) >= 11 is 6.31. The summed E-state index contributed by atoms with van der Waals surface area (Å²) in [5.74, 6) is 0.499. The molecule has 5 heteroatoms. The third kappa shape index (κ3) is 2.22. The molecular formula is C15H19ClO4. The molecule has 0 spiro atoms. The number of hydrogen-bond donors (Lipinski definition) is 1. The van der Waals surface area contributed by atoms with Gasteiger partial charge in [-0.1, -0.05) is 11.6 Å². The SMILES string of the molecule is COc1c(C)c(C2(CC(=O)O)CC2)c(OC)c(C)c1Cl. The molecule has 0 radical (unpaired) electrons. The largest absolute Gasteiger partial charge is 0.496 e. The minimum Gasteiger partial charge on any atom is -0.496 e. The van der Waals surface area contributed by atoms with Crippen molar-refractivity contribution in [2.45, 2.75) is 38.5 Å². The molecule has 1 aliphatic carbocycles. The summed E-state index contributed by atoms with van der Waals surface area (Å²) in [7, 11) is 3.16. The number of carboxylic acids is 1. The van der Waals surface area contributed by atoms with Crippen LogP contribution >= 0.6 is 11.6 Å². The first-order valence-electron chi connectivity index (χ1n) is 6.51. The van der Waals surface area contributed by atoms with Gasteiger partial charge >= 0.3 is 5.97 Å². The second-order valence-electron chi connectivity index (χ2n) is 5.36. The highest BCUT2D eigenvalue weighted by atomic mass is 35.5. The fourth-order valence-corrected chi connectivity index (χ4v) is 3.30. The number of hydrogen-bond acceptors (Lipinski definition) is 3. The van der Waals surface area contributed by atoms with Crippen molar-refractivity contribution in [1.82, 2.24) is 0 Å². The molecule has 20 heavy (non-hydrogen) atoms. The molecule has 0 heterocycles. The maximum atomic E-state index is 11.1. The quantitative estimate of drug-likeness (QED) is 0.904. The van der Waals surface area contributed by atoms with Crippen LogP contribution in [-0.2, 0) is 10.2 Å². The van der Waals surface area contributed by atoms with Crippen LogP contribution in [0.2, 0.25) is 5.02 Å². The maximum Gasteiger partial charge on any atom is 0.304 e. The van der Waals surface area contributed by atoms with Crippen LogP contribution in [0.25, 0.3) is 0 Å². The first-order valence-corrected chi connectivity index (χ1v) is 6.88. The number of rotatable bonds is 5. The van der Waals surface area contributed by atoms with Gasteiger partial charge in [-0.2, -0.15) is 0 Å². The standard InChI is InChI=1S/C15H19ClO4/c1-8-11(15(5-6-15)7-10(17)18)13(19-3)9(2)12(16)14(8)20-4/h5-7H2,1-4H3,(H,17,18). The van der Waals surface area contributed by atoms with Crippen LogP contribution in [0.1, 0.15) is 36.0 Å². The normalized spacial score (nSPS) is 15.8. The van der Waals surface area contributed by atoms with Crippen LogP contribution in [0.4, 0.5) is 0 Å². The van der Waals surface area contributed by atoms with Gasteiger partial charge in [-0.15, -0.1) is 0 Å². The summed E-state index contributed by atoms with van der Waals surface area (Å²) in [6.45, 7) is 3.77. The lowest BCUT2D eigenvalue weighted by atomic mass is 9.86. The van der Waals surface area contributed by atoms with Gasteiger partial charge in [0, 0.05) is 22.1 Å². The molecule has 0 bridgehead atoms. The van der Waals surface area contributed by atoms with E-state index in [0.717, 1.165) is 29.5 Å². The van der Waals surface area contributed by atoms with Crippen molar-refractivity contribution in [1.29, 1.82) is 0 Å². The van der Waals surface area contributed by atoms with Crippen LogP contribution in [0.3, 0.4) is 0 Å². The number of benzene rings is 1. The van der Waals surface area contributed by atoms with Gasteiger partial charge in [0.2, 0.25) is 0 Å². The Morgan fingerprint density at radius 3 is 2.15 bits per heavy atom. The third-order valence-corrected chi connectivity index (χ3v) is 4.55. The van der Waals surface area contributed by atoms with E-state index in [1.54, 1.807) is 14.2 Å². The van der Waals surface area contributed by atoms with E-state index in [4.69, 9.17) is 26.2 Å². The lowest BCUT2D eigenvalue weighted by Gasteiger charge is -2.24. The number of methoxy groups -OCH3 is 2. The smallest absolute Gasteiger partial charge is 0.304 e. The summed E-state index contributed by atoms with van der Waals surface area (Å²) in [5, 5.41) is 9.68. The van der Waals surface area contributed by atoms with Crippen LogP contribution in [0.15, 0.2) is 0 Å². The minimum absolute atomic E-state index is 0.106. The Hall–Kier alpha value is -1.42. The van der Waals surface area contributed by atoms with Crippen LogP contribution < -0.4 is 9.47 Å². The number of carbonyl (C=O) groups is 1. The second-order valence-corrected chi connectivity index (χ2v) is 5.73. The number of ether oxygens (including phenoxy) is 2. The van der Waals surface area contributed by atoms with Gasteiger partial charge in [0.05, 0.1) is 25.7 Å². The predicted octanol–water partition coefficient (Wildman–Crippen LogP) is 3.48. The summed E-state index contributed by atoms with van der Waals surface area (Å²) in [6, 6.07) is 0. The Balaban J connectivity index is 2.69. The summed E-state index contributed by atoms with van der Waals surface area (Å²) in [5.41, 5.74) is 2.26. The highest BCUT2D eigenvalue weighted by Crippen LogP contribution is 2.58. The molecule has 1 fully saturated rings. The van der Waals surface area contributed by atoms with E-state index < -0.39 is 5.97 Å². The van der Waals surface area contributed by atoms with Gasteiger partial charge < -0.3 is 14.6 Å². The Morgan fingerprint density at radius 2 is 1.75 bits per heavy atom. The Bertz CT molecular complexity index is 562. The molecule has 1 saturated carbocycles. The van der Waals surface area contributed by atoms with Crippen molar-refractivity contribution in [3.05, 3.63) is 21.7 Å². The van der Waals surface area contributed by atoms with E-state index in [2.05, 4.69) is 0 Å². The summed E-state index contributed by atoms with van der Waals surface area (Å²) in [4.78, 5) is 11.1. The zero-order chi connectivity index (χ0) is 15.1. The molecule has 4 nitrogen and oxygen atoms in total. The van der Waals surface area contributed by atoms with Crippen molar-refractivity contribution < 1.29 is 19.4 Å². The fraction of sp³-hybridized carbons (Fsp3) is 0.533. The van der Waals surface area contributed by atoms with E-state index in [1.807, 2.05) is 13.8 Å². The zero-order valence-corrected chi connectivity index (χ0v) is 12.9. The average molecular weight is 299 g/mol. The lowest BCUT2D eigenvalue weighted by Crippen LogP contribution is -2.17. The Labute approximate surface area is 123 Å². The average Bonchev–Trinajstić information content (AvgIpc) is 3.13. The molecular weight excluding hydrogens is 280 g/mol. The minimum atomic E-state index is -0.796. The highest BCUT2D eigenvalue weighted by Gasteiger charge is 2.49. The molecule has 1 aromatic carbocycles. The monoisotopic (exact) mass is 298 g/mol. The molecule has 0 amide bonds. The molecule has 2 rings (SSSR count). The topological polar surface area (TPSA) is 55.8 Å². The van der Waals surface area contributed by atoms with Gasteiger partial charge in [-0.25, -0.2) is 0 Å². The molecule has 1 N–H and O–H groups in total. The van der Waals surface area contributed by atoms with E-state index in [-0.39, 0.29) is 11.8 Å². The van der Waals surface area contributed by atoms with Gasteiger partial charge in [0.1, 0.15) is 11.5 Å². The number of halogens is 1. The third-order valence-electron chi connectivity index (χ3n) is 4.09. The van der Waals surface area contributed by atoms with Gasteiger partial charge in [-0.05, 0) is 26.7 Å². The maximum absolute atomic E-state index is 11.1. The predicted molar refractivity (Wildman–Crippen MR) is 77.2 cm³/mol. The number of carboxylic acid groups (broad SMARTS) is 1. The molecule has 0 aromatic heterocycles. The zero-order valence-electron chi connectivity index (χ0n) is 12.2. The van der Waals surface area contributed by atoms with E-state index in [1.165, 1.54) is 0 Å². The van der Waals surface area contributed by atoms with Crippen LogP contribution in [0.5, 0.6) is 11.5 Å². The van der Waals surface area contributed by atoms with Crippen LogP contribution in [-0.4, -0.2) is 25.3 Å². The van der Waals surface area contributed by atoms with Gasteiger partial charge in [-0.3, -0.25) is 4.79 Å². The molecule has 0 atom stereocenters. The van der Waals surface area contributed by atoms with Crippen LogP contribution in [0, 0.1) is 13.8 Å². The van der Waals surface area contributed by atoms with E-state index in [9.17, 15) is 4.79 Å². The number of aliphatic carboxylic acids is 1. The van der Waals surface area contributed by atoms with Crippen molar-refractivity contribution in [2.24, 2.45) is 0 Å². The second kappa shape index (κ2) is 5.17. The molecule has 1 aromatic rings. The van der Waals surface area contributed by atoms with Gasteiger partial charge in [0.25, 0.3) is 0 Å². The lowest BCUT2D eigenvalue weighted by molar-refractivity contribution is -0.137. The first kappa shape index (κ1) is 15.0. The van der Waals surface area contributed by atoms with Gasteiger partial charge in [0.15, 0.2) is 0 Å². The molecule has 1 aliphatic rings. The van der Waals surface area contributed by atoms with E-state index >= 15 is 0 Å². The Kier molecular flexibility index (Phi) is 3.87. The summed E-state index contributed by atoms with van der Waals surface area (Å²) in [6.07, 6.45) is 1.80. The van der Waals surface area contributed by atoms with E-state index in [0.29, 0.717) is 16.5 Å². The van der Waals surface area contributed by atoms with Crippen molar-refractivity contribution in [2.75, 3.05) is 14.2 Å². The van der Waals surface area contributed by atoms with Crippen molar-refractivity contribution >= 4 is 17.6 Å². The van der Waals surface area contributed by atoms with Crippen molar-refractivity contribution in [3.63, 3.8) is 0 Å². The molecule has 110 valence electrons. The van der Waals surface area contributed by atoms with Crippen molar-refractivity contribution in [3.8, 4) is 11.5 Å². The molecule has 0 aliphatic heterocycles. The molecule has 0 saturated heterocycles. The summed E-state index contributed by atoms with van der Waals surface area (Å²) < 4.78 is 10.9.